The highest BCUT2D eigenvalue weighted by molar-refractivity contribution is 7.07. The van der Waals surface area contributed by atoms with Crippen LogP contribution in [0.1, 0.15) is 0 Å². The summed E-state index contributed by atoms with van der Waals surface area (Å²) >= 11 is 1.51. The van der Waals surface area contributed by atoms with Crippen molar-refractivity contribution >= 4 is 28.2 Å². The van der Waals surface area contributed by atoms with E-state index >= 15 is 0 Å². The SMILES string of the molecule is Nc1nc(-c2cscn2)nc2[nH]ccc12. The van der Waals surface area contributed by atoms with Crippen LogP contribution in [-0.2, 0) is 0 Å². The van der Waals surface area contributed by atoms with E-state index in [-0.39, 0.29) is 0 Å². The molecule has 0 amide bonds. The van der Waals surface area contributed by atoms with E-state index in [0.29, 0.717) is 11.6 Å². The van der Waals surface area contributed by atoms with Crippen molar-refractivity contribution in [1.29, 1.82) is 0 Å². The molecule has 0 fully saturated rings. The first kappa shape index (κ1) is 8.37. The molecule has 0 bridgehead atoms. The predicted molar refractivity (Wildman–Crippen MR) is 59.4 cm³/mol. The van der Waals surface area contributed by atoms with Gasteiger partial charge in [0.1, 0.15) is 17.2 Å². The third-order valence-electron chi connectivity index (χ3n) is 2.11. The Morgan fingerprint density at radius 1 is 1.33 bits per heavy atom. The molecule has 0 atom stereocenters. The minimum Gasteiger partial charge on any atom is -0.383 e. The van der Waals surface area contributed by atoms with Gasteiger partial charge in [-0.2, -0.15) is 0 Å². The number of aromatic nitrogens is 4. The number of hydrogen-bond acceptors (Lipinski definition) is 5. The summed E-state index contributed by atoms with van der Waals surface area (Å²) in [6.07, 6.45) is 1.79. The summed E-state index contributed by atoms with van der Waals surface area (Å²) in [5, 5.41) is 2.73. The van der Waals surface area contributed by atoms with Crippen LogP contribution in [0, 0.1) is 0 Å². The molecule has 3 aromatic heterocycles. The van der Waals surface area contributed by atoms with E-state index in [1.165, 1.54) is 11.3 Å². The van der Waals surface area contributed by atoms with Crippen LogP contribution >= 0.6 is 11.3 Å². The monoisotopic (exact) mass is 217 g/mol. The van der Waals surface area contributed by atoms with E-state index in [1.54, 1.807) is 11.7 Å². The van der Waals surface area contributed by atoms with Crippen molar-refractivity contribution in [2.75, 3.05) is 5.73 Å². The van der Waals surface area contributed by atoms with Gasteiger partial charge in [0.05, 0.1) is 10.9 Å². The Bertz CT molecular complexity index is 598. The highest BCUT2D eigenvalue weighted by atomic mass is 32.1. The first-order chi connectivity index (χ1) is 7.34. The molecule has 0 spiro atoms. The zero-order chi connectivity index (χ0) is 10.3. The van der Waals surface area contributed by atoms with Gasteiger partial charge >= 0.3 is 0 Å². The summed E-state index contributed by atoms with van der Waals surface area (Å²) in [6.45, 7) is 0. The molecule has 74 valence electrons. The van der Waals surface area contributed by atoms with Gasteiger partial charge < -0.3 is 10.7 Å². The fraction of sp³-hybridized carbons (Fsp3) is 0. The number of H-pyrrole nitrogens is 1. The highest BCUT2D eigenvalue weighted by Gasteiger charge is 2.08. The van der Waals surface area contributed by atoms with E-state index in [4.69, 9.17) is 5.73 Å². The number of nitrogen functional groups attached to an aromatic ring is 1. The van der Waals surface area contributed by atoms with Crippen molar-refractivity contribution in [2.24, 2.45) is 0 Å². The highest BCUT2D eigenvalue weighted by Crippen LogP contribution is 2.21. The normalized spacial score (nSPS) is 10.9. The van der Waals surface area contributed by atoms with Gasteiger partial charge in [-0.25, -0.2) is 15.0 Å². The predicted octanol–water partition coefficient (Wildman–Crippen LogP) is 1.66. The van der Waals surface area contributed by atoms with Gasteiger partial charge in [-0.15, -0.1) is 11.3 Å². The van der Waals surface area contributed by atoms with Crippen LogP contribution in [0.25, 0.3) is 22.6 Å². The summed E-state index contributed by atoms with van der Waals surface area (Å²) in [7, 11) is 0. The van der Waals surface area contributed by atoms with Crippen LogP contribution in [0.4, 0.5) is 5.82 Å². The lowest BCUT2D eigenvalue weighted by atomic mass is 10.3. The molecule has 0 aliphatic heterocycles. The smallest absolute Gasteiger partial charge is 0.183 e. The number of nitrogens with one attached hydrogen (secondary N) is 1. The molecule has 0 saturated carbocycles. The molecule has 0 unspecified atom stereocenters. The van der Waals surface area contributed by atoms with E-state index in [0.717, 1.165) is 16.7 Å². The van der Waals surface area contributed by atoms with Crippen LogP contribution in [0.2, 0.25) is 0 Å². The van der Waals surface area contributed by atoms with Gasteiger partial charge in [0, 0.05) is 11.6 Å². The Morgan fingerprint density at radius 3 is 3.07 bits per heavy atom. The Hall–Kier alpha value is -1.95. The summed E-state index contributed by atoms with van der Waals surface area (Å²) in [5.41, 5.74) is 9.05. The minimum absolute atomic E-state index is 0.476. The van der Waals surface area contributed by atoms with Crippen molar-refractivity contribution in [3.63, 3.8) is 0 Å². The number of aromatic amines is 1. The molecule has 3 aromatic rings. The molecular formula is C9H7N5S. The fourth-order valence-corrected chi connectivity index (χ4v) is 1.93. The Morgan fingerprint density at radius 2 is 2.27 bits per heavy atom. The van der Waals surface area contributed by atoms with Gasteiger partial charge in [0.15, 0.2) is 5.82 Å². The molecule has 0 aromatic carbocycles. The van der Waals surface area contributed by atoms with Crippen LogP contribution in [0.5, 0.6) is 0 Å². The maximum atomic E-state index is 5.81. The minimum atomic E-state index is 0.476. The molecule has 15 heavy (non-hydrogen) atoms. The largest absolute Gasteiger partial charge is 0.383 e. The van der Waals surface area contributed by atoms with Crippen LogP contribution in [-0.4, -0.2) is 19.9 Å². The molecule has 5 nitrogen and oxygen atoms in total. The fourth-order valence-electron chi connectivity index (χ4n) is 1.40. The molecule has 0 aliphatic carbocycles. The van der Waals surface area contributed by atoms with Gasteiger partial charge in [0.2, 0.25) is 0 Å². The molecular weight excluding hydrogens is 210 g/mol. The third-order valence-corrected chi connectivity index (χ3v) is 2.69. The van der Waals surface area contributed by atoms with Crippen LogP contribution in [0.3, 0.4) is 0 Å². The number of nitrogens with zero attached hydrogens (tertiary/aromatic N) is 3. The third kappa shape index (κ3) is 1.26. The first-order valence-corrected chi connectivity index (χ1v) is 5.28. The summed E-state index contributed by atoms with van der Waals surface area (Å²) in [5.74, 6) is 1.04. The number of nitrogens with two attached hydrogens (primary N) is 1. The molecule has 6 heteroatoms. The Balaban J connectivity index is 2.29. The lowest BCUT2D eigenvalue weighted by Gasteiger charge is -1.98. The number of hydrogen-bond donors (Lipinski definition) is 2. The van der Waals surface area contributed by atoms with E-state index in [2.05, 4.69) is 19.9 Å². The van der Waals surface area contributed by atoms with Gasteiger partial charge in [-0.05, 0) is 6.07 Å². The number of fused-ring (bicyclic) bond motifs is 1. The average molecular weight is 217 g/mol. The lowest BCUT2D eigenvalue weighted by molar-refractivity contribution is 1.19. The maximum absolute atomic E-state index is 5.81. The van der Waals surface area contributed by atoms with E-state index in [9.17, 15) is 0 Å². The number of rotatable bonds is 1. The van der Waals surface area contributed by atoms with Crippen LogP contribution in [0.15, 0.2) is 23.2 Å². The quantitative estimate of drug-likeness (QED) is 0.649. The second-order valence-corrected chi connectivity index (χ2v) is 3.76. The van der Waals surface area contributed by atoms with Crippen molar-refractivity contribution in [3.05, 3.63) is 23.2 Å². The summed E-state index contributed by atoms with van der Waals surface area (Å²) in [6, 6.07) is 1.86. The second kappa shape index (κ2) is 3.03. The molecule has 0 radical (unpaired) electrons. The Labute approximate surface area is 89.0 Å². The number of thiazole rings is 1. The Kier molecular flexibility index (Phi) is 1.69. The average Bonchev–Trinajstić information content (AvgIpc) is 2.88. The number of anilines is 1. The van der Waals surface area contributed by atoms with Crippen molar-refractivity contribution in [3.8, 4) is 11.5 Å². The topological polar surface area (TPSA) is 80.5 Å². The van der Waals surface area contributed by atoms with Crippen molar-refractivity contribution < 1.29 is 0 Å². The molecule has 0 aliphatic rings. The zero-order valence-corrected chi connectivity index (χ0v) is 8.45. The van der Waals surface area contributed by atoms with Crippen LogP contribution < -0.4 is 5.73 Å². The van der Waals surface area contributed by atoms with E-state index < -0.39 is 0 Å². The van der Waals surface area contributed by atoms with Crippen molar-refractivity contribution in [2.45, 2.75) is 0 Å². The molecule has 3 N–H and O–H groups in total. The maximum Gasteiger partial charge on any atom is 0.183 e. The molecule has 3 heterocycles. The summed E-state index contributed by atoms with van der Waals surface area (Å²) < 4.78 is 0. The first-order valence-electron chi connectivity index (χ1n) is 4.34. The zero-order valence-electron chi connectivity index (χ0n) is 7.64. The summed E-state index contributed by atoms with van der Waals surface area (Å²) in [4.78, 5) is 15.7. The van der Waals surface area contributed by atoms with Crippen molar-refractivity contribution in [1.82, 2.24) is 19.9 Å². The van der Waals surface area contributed by atoms with Gasteiger partial charge in [-0.1, -0.05) is 0 Å². The van der Waals surface area contributed by atoms with Gasteiger partial charge in [0.25, 0.3) is 0 Å². The second-order valence-electron chi connectivity index (χ2n) is 3.05. The molecule has 3 rings (SSSR count). The molecule has 0 saturated heterocycles. The standard InChI is InChI=1S/C9H7N5S/c10-7-5-1-2-11-8(5)14-9(13-7)6-3-15-4-12-6/h1-4H,(H3,10,11,13,14). The lowest BCUT2D eigenvalue weighted by Crippen LogP contribution is -1.96. The van der Waals surface area contributed by atoms with E-state index in [1.807, 2.05) is 11.4 Å². The van der Waals surface area contributed by atoms with Gasteiger partial charge in [-0.3, -0.25) is 0 Å².